The maximum absolute atomic E-state index is 13.5. The van der Waals surface area contributed by atoms with Gasteiger partial charge in [-0.3, -0.25) is 49.2 Å². The highest BCUT2D eigenvalue weighted by Gasteiger charge is 2.39. The zero-order valence-electron chi connectivity index (χ0n) is 25.6. The van der Waals surface area contributed by atoms with Crippen molar-refractivity contribution < 1.29 is 29.0 Å². The van der Waals surface area contributed by atoms with Gasteiger partial charge in [-0.1, -0.05) is 36.4 Å². The molecule has 14 nitrogen and oxygen atoms in total. The van der Waals surface area contributed by atoms with E-state index < -0.39 is 33.5 Å². The summed E-state index contributed by atoms with van der Waals surface area (Å²) >= 11 is 0. The molecule has 4 aromatic rings. The first-order valence-corrected chi connectivity index (χ1v) is 15.4. The third-order valence-corrected chi connectivity index (χ3v) is 8.54. The van der Waals surface area contributed by atoms with Gasteiger partial charge in [-0.2, -0.15) is 0 Å². The highest BCUT2D eigenvalue weighted by atomic mass is 16.6. The van der Waals surface area contributed by atoms with Crippen LogP contribution in [0, 0.1) is 20.2 Å². The van der Waals surface area contributed by atoms with Crippen molar-refractivity contribution in [3.05, 3.63) is 126 Å². The minimum atomic E-state index is -0.526. The minimum Gasteiger partial charge on any atom is -0.312 e. The molecule has 0 radical (unpaired) electrons. The summed E-state index contributed by atoms with van der Waals surface area (Å²) in [7, 11) is 0. The van der Waals surface area contributed by atoms with Crippen LogP contribution in [0.4, 0.5) is 11.4 Å². The van der Waals surface area contributed by atoms with Crippen LogP contribution in [0.1, 0.15) is 65.4 Å². The number of nitrogens with one attached hydrogen (secondary N) is 2. The minimum absolute atomic E-state index is 0.00831. The Kier molecular flexibility index (Phi) is 9.01. The summed E-state index contributed by atoms with van der Waals surface area (Å²) in [6, 6.07) is 18.9. The standard InChI is InChI=1S/C34H30N6O8/c41-31-23-11-13-25-30-26(34(44)38(33(25)43)18-6-16-36-20-22-8-2-4-10-28(22)40(47)48)14-12-24(29(23)30)32(42)37(31)17-5-15-35-19-21-7-1-3-9-27(21)39(45)46/h1-4,7-14,35-36H,5-6,15-20H2. The van der Waals surface area contributed by atoms with Gasteiger partial charge < -0.3 is 10.6 Å². The lowest BCUT2D eigenvalue weighted by Crippen LogP contribution is -2.44. The Morgan fingerprint density at radius 2 is 0.854 bits per heavy atom. The van der Waals surface area contributed by atoms with Crippen LogP contribution >= 0.6 is 0 Å². The number of imide groups is 2. The van der Waals surface area contributed by atoms with Crippen LogP contribution in [-0.4, -0.2) is 69.5 Å². The van der Waals surface area contributed by atoms with Gasteiger partial charge in [0, 0.05) is 82.5 Å². The topological polar surface area (TPSA) is 185 Å². The molecule has 0 bridgehead atoms. The van der Waals surface area contributed by atoms with Crippen LogP contribution in [0.5, 0.6) is 0 Å². The van der Waals surface area contributed by atoms with E-state index in [-0.39, 0.29) is 59.8 Å². The predicted molar refractivity (Wildman–Crippen MR) is 174 cm³/mol. The SMILES string of the molecule is O=C1c2ccc3c4c(ccc(c24)C(=O)N1CCCNCc1ccccc1[N+](=O)[O-])C(=O)N(CCCNCc1ccccc1[N+](=O)[O-])C3=O. The number of nitro benzene ring substituents is 2. The molecule has 0 aliphatic carbocycles. The van der Waals surface area contributed by atoms with Crippen LogP contribution in [0.3, 0.4) is 0 Å². The number of nitro groups is 2. The third-order valence-electron chi connectivity index (χ3n) is 8.54. The molecule has 244 valence electrons. The van der Waals surface area contributed by atoms with E-state index in [1.54, 1.807) is 36.4 Å². The lowest BCUT2D eigenvalue weighted by atomic mass is 9.86. The number of benzene rings is 4. The quantitative estimate of drug-likeness (QED) is 0.0867. The maximum atomic E-state index is 13.5. The van der Waals surface area contributed by atoms with Crippen molar-refractivity contribution in [2.75, 3.05) is 26.2 Å². The molecule has 4 amide bonds. The molecule has 2 aliphatic rings. The molecule has 6 rings (SSSR count). The summed E-state index contributed by atoms with van der Waals surface area (Å²) in [5.41, 5.74) is 1.98. The van der Waals surface area contributed by atoms with Crippen LogP contribution in [0.15, 0.2) is 72.8 Å². The number of nitrogens with zero attached hydrogens (tertiary/aromatic N) is 4. The fraction of sp³-hybridized carbons (Fsp3) is 0.235. The zero-order chi connectivity index (χ0) is 33.9. The lowest BCUT2D eigenvalue weighted by molar-refractivity contribution is -0.385. The maximum Gasteiger partial charge on any atom is 0.273 e. The number of carbonyl (C=O) groups is 4. The highest BCUT2D eigenvalue weighted by Crippen LogP contribution is 2.38. The Bertz CT molecular complexity index is 1800. The van der Waals surface area contributed by atoms with Gasteiger partial charge in [-0.05, 0) is 50.2 Å². The second-order valence-corrected chi connectivity index (χ2v) is 11.4. The molecule has 14 heteroatoms. The van der Waals surface area contributed by atoms with E-state index >= 15 is 0 Å². The van der Waals surface area contributed by atoms with Crippen molar-refractivity contribution in [3.8, 4) is 0 Å². The molecule has 0 aromatic heterocycles. The Hall–Kier alpha value is -5.86. The first kappa shape index (κ1) is 32.1. The van der Waals surface area contributed by atoms with Gasteiger partial charge in [0.15, 0.2) is 0 Å². The summed E-state index contributed by atoms with van der Waals surface area (Å²) in [4.78, 5) is 78.0. The van der Waals surface area contributed by atoms with Crippen molar-refractivity contribution in [2.24, 2.45) is 0 Å². The molecule has 48 heavy (non-hydrogen) atoms. The van der Waals surface area contributed by atoms with Crippen molar-refractivity contribution in [3.63, 3.8) is 0 Å². The molecular formula is C34H30N6O8. The molecule has 0 atom stereocenters. The number of hydrogen-bond acceptors (Lipinski definition) is 10. The van der Waals surface area contributed by atoms with E-state index in [4.69, 9.17) is 0 Å². The summed E-state index contributed by atoms with van der Waals surface area (Å²) in [6.45, 7) is 1.49. The number of carbonyl (C=O) groups excluding carboxylic acids is 4. The average Bonchev–Trinajstić information content (AvgIpc) is 3.08. The largest absolute Gasteiger partial charge is 0.312 e. The molecule has 0 unspecified atom stereocenters. The summed E-state index contributed by atoms with van der Waals surface area (Å²) < 4.78 is 0. The van der Waals surface area contributed by atoms with E-state index in [1.165, 1.54) is 36.4 Å². The van der Waals surface area contributed by atoms with E-state index in [0.717, 1.165) is 9.80 Å². The van der Waals surface area contributed by atoms with Gasteiger partial charge >= 0.3 is 0 Å². The first-order chi connectivity index (χ1) is 23.2. The monoisotopic (exact) mass is 650 g/mol. The van der Waals surface area contributed by atoms with Crippen molar-refractivity contribution in [1.29, 1.82) is 0 Å². The van der Waals surface area contributed by atoms with Gasteiger partial charge in [0.25, 0.3) is 35.0 Å². The van der Waals surface area contributed by atoms with Crippen molar-refractivity contribution >= 4 is 45.8 Å². The summed E-state index contributed by atoms with van der Waals surface area (Å²) in [6.07, 6.45) is 0.797. The van der Waals surface area contributed by atoms with E-state index in [2.05, 4.69) is 10.6 Å². The van der Waals surface area contributed by atoms with Crippen LogP contribution in [-0.2, 0) is 13.1 Å². The Balaban J connectivity index is 1.10. The van der Waals surface area contributed by atoms with Crippen LogP contribution < -0.4 is 10.6 Å². The fourth-order valence-electron chi connectivity index (χ4n) is 6.23. The highest BCUT2D eigenvalue weighted by molar-refractivity contribution is 6.33. The third kappa shape index (κ3) is 5.89. The van der Waals surface area contributed by atoms with Gasteiger partial charge in [0.1, 0.15) is 0 Å². The summed E-state index contributed by atoms with van der Waals surface area (Å²) in [5.74, 6) is -2.10. The number of hydrogen-bond donors (Lipinski definition) is 2. The molecule has 2 heterocycles. The molecule has 4 aromatic carbocycles. The first-order valence-electron chi connectivity index (χ1n) is 15.4. The second kappa shape index (κ2) is 13.5. The Labute approximate surface area is 273 Å². The normalized spacial score (nSPS) is 13.8. The number of rotatable bonds is 14. The van der Waals surface area contributed by atoms with Gasteiger partial charge in [0.05, 0.1) is 9.85 Å². The van der Waals surface area contributed by atoms with Crippen LogP contribution in [0.2, 0.25) is 0 Å². The van der Waals surface area contributed by atoms with E-state index in [9.17, 15) is 39.4 Å². The second-order valence-electron chi connectivity index (χ2n) is 11.4. The molecular weight excluding hydrogens is 620 g/mol. The van der Waals surface area contributed by atoms with Gasteiger partial charge in [0.2, 0.25) is 0 Å². The molecule has 0 spiro atoms. The average molecular weight is 651 g/mol. The molecule has 0 saturated carbocycles. The molecule has 0 fully saturated rings. The number of amides is 4. The van der Waals surface area contributed by atoms with Gasteiger partial charge in [-0.15, -0.1) is 0 Å². The zero-order valence-corrected chi connectivity index (χ0v) is 25.6. The predicted octanol–water partition coefficient (Wildman–Crippen LogP) is 4.21. The Morgan fingerprint density at radius 1 is 0.521 bits per heavy atom. The van der Waals surface area contributed by atoms with E-state index in [0.29, 0.717) is 47.8 Å². The van der Waals surface area contributed by atoms with Crippen molar-refractivity contribution in [1.82, 2.24) is 20.4 Å². The van der Waals surface area contributed by atoms with Gasteiger partial charge in [-0.25, -0.2) is 0 Å². The van der Waals surface area contributed by atoms with Crippen LogP contribution in [0.25, 0.3) is 10.8 Å². The molecule has 2 N–H and O–H groups in total. The van der Waals surface area contributed by atoms with E-state index in [1.807, 2.05) is 0 Å². The fourth-order valence-corrected chi connectivity index (χ4v) is 6.23. The molecule has 2 aliphatic heterocycles. The van der Waals surface area contributed by atoms with Crippen molar-refractivity contribution in [2.45, 2.75) is 25.9 Å². The molecule has 0 saturated heterocycles. The summed E-state index contributed by atoms with van der Waals surface area (Å²) in [5, 5.41) is 29.3. The Morgan fingerprint density at radius 3 is 1.19 bits per heavy atom. The smallest absolute Gasteiger partial charge is 0.273 e. The number of para-hydroxylation sites is 2. The lowest BCUT2D eigenvalue weighted by Gasteiger charge is -2.32.